The van der Waals surface area contributed by atoms with Gasteiger partial charge in [0.15, 0.2) is 0 Å². The maximum atomic E-state index is 12.7. The molecule has 116 valence electrons. The molecule has 0 aromatic heterocycles. The van der Waals surface area contributed by atoms with Gasteiger partial charge in [-0.2, -0.15) is 13.9 Å². The number of rotatable bonds is 4. The number of amides is 1. The number of nitrogens with one attached hydrogen (secondary N) is 1. The average Bonchev–Trinajstić information content (AvgIpc) is 2.52. The first kappa shape index (κ1) is 15.7. The van der Waals surface area contributed by atoms with Crippen LogP contribution < -0.4 is 10.2 Å². The number of carbonyl (C=O) groups excluding carboxylic acids is 1. The van der Waals surface area contributed by atoms with Gasteiger partial charge in [0.25, 0.3) is 0 Å². The van der Waals surface area contributed by atoms with E-state index in [1.165, 1.54) is 7.11 Å². The molecule has 0 unspecified atom stereocenters. The minimum Gasteiger partial charge on any atom is -0.452 e. The topological polar surface area (TPSA) is 59.9 Å². The lowest BCUT2D eigenvalue weighted by Gasteiger charge is -2.13. The SMILES string of the molecule is COC(=O)N/N=C(\C)c1ccc2ccccc2c1OC(F)F. The summed E-state index contributed by atoms with van der Waals surface area (Å²) in [5.74, 6) is 0.0148. The van der Waals surface area contributed by atoms with Crippen LogP contribution in [-0.2, 0) is 4.74 Å². The lowest BCUT2D eigenvalue weighted by molar-refractivity contribution is -0.0489. The predicted molar refractivity (Wildman–Crippen MR) is 78.3 cm³/mol. The number of halogens is 2. The number of nitrogens with zero attached hydrogens (tertiary/aromatic N) is 1. The molecule has 0 fully saturated rings. The number of alkyl halides is 2. The van der Waals surface area contributed by atoms with Crippen LogP contribution in [0, 0.1) is 0 Å². The molecule has 2 rings (SSSR count). The van der Waals surface area contributed by atoms with E-state index in [1.807, 2.05) is 0 Å². The van der Waals surface area contributed by atoms with Gasteiger partial charge in [0, 0.05) is 10.9 Å². The van der Waals surface area contributed by atoms with E-state index < -0.39 is 12.7 Å². The second-order valence-corrected chi connectivity index (χ2v) is 4.34. The van der Waals surface area contributed by atoms with Crippen molar-refractivity contribution in [2.24, 2.45) is 5.10 Å². The summed E-state index contributed by atoms with van der Waals surface area (Å²) in [5, 5.41) is 5.10. The Hall–Kier alpha value is -2.70. The first-order valence-corrected chi connectivity index (χ1v) is 6.38. The summed E-state index contributed by atoms with van der Waals surface area (Å²) in [4.78, 5) is 11.0. The van der Waals surface area contributed by atoms with E-state index in [0.29, 0.717) is 16.7 Å². The molecular weight excluding hydrogens is 294 g/mol. The molecule has 0 saturated carbocycles. The summed E-state index contributed by atoms with van der Waals surface area (Å²) in [6, 6.07) is 10.4. The van der Waals surface area contributed by atoms with Gasteiger partial charge in [0.05, 0.1) is 12.8 Å². The first-order chi connectivity index (χ1) is 10.5. The van der Waals surface area contributed by atoms with Crippen molar-refractivity contribution in [3.05, 3.63) is 42.0 Å². The first-order valence-electron chi connectivity index (χ1n) is 6.38. The number of hydrogen-bond donors (Lipinski definition) is 1. The Balaban J connectivity index is 2.50. The molecule has 0 saturated heterocycles. The molecule has 0 aliphatic heterocycles. The van der Waals surface area contributed by atoms with Crippen LogP contribution in [0.5, 0.6) is 5.75 Å². The highest BCUT2D eigenvalue weighted by atomic mass is 19.3. The van der Waals surface area contributed by atoms with Crippen molar-refractivity contribution in [3.63, 3.8) is 0 Å². The van der Waals surface area contributed by atoms with Gasteiger partial charge in [-0.3, -0.25) is 0 Å². The maximum Gasteiger partial charge on any atom is 0.427 e. The van der Waals surface area contributed by atoms with E-state index >= 15 is 0 Å². The van der Waals surface area contributed by atoms with Crippen LogP contribution in [0.3, 0.4) is 0 Å². The van der Waals surface area contributed by atoms with Crippen molar-refractivity contribution in [3.8, 4) is 5.75 Å². The van der Waals surface area contributed by atoms with Crippen molar-refractivity contribution in [1.82, 2.24) is 5.43 Å². The molecular formula is C15H14F2N2O3. The number of methoxy groups -OCH3 is 1. The zero-order chi connectivity index (χ0) is 16.1. The molecule has 5 nitrogen and oxygen atoms in total. The number of fused-ring (bicyclic) bond motifs is 1. The Morgan fingerprint density at radius 1 is 1.23 bits per heavy atom. The fourth-order valence-corrected chi connectivity index (χ4v) is 1.98. The number of carbonyl (C=O) groups is 1. The van der Waals surface area contributed by atoms with E-state index in [4.69, 9.17) is 0 Å². The minimum atomic E-state index is -2.97. The highest BCUT2D eigenvalue weighted by molar-refractivity contribution is 6.06. The summed E-state index contributed by atoms with van der Waals surface area (Å²) in [6.07, 6.45) is -0.753. The molecule has 0 radical (unpaired) electrons. The van der Waals surface area contributed by atoms with Crippen molar-refractivity contribution >= 4 is 22.6 Å². The van der Waals surface area contributed by atoms with Crippen LogP contribution in [0.15, 0.2) is 41.5 Å². The number of hydrogen-bond acceptors (Lipinski definition) is 4. The fraction of sp³-hybridized carbons (Fsp3) is 0.200. The summed E-state index contributed by atoms with van der Waals surface area (Å²) in [6.45, 7) is -1.40. The van der Waals surface area contributed by atoms with Gasteiger partial charge in [0.1, 0.15) is 5.75 Å². The maximum absolute atomic E-state index is 12.7. The number of benzene rings is 2. The minimum absolute atomic E-state index is 0.0148. The fourth-order valence-electron chi connectivity index (χ4n) is 1.98. The highest BCUT2D eigenvalue weighted by Gasteiger charge is 2.15. The zero-order valence-corrected chi connectivity index (χ0v) is 12.0. The van der Waals surface area contributed by atoms with Crippen molar-refractivity contribution in [1.29, 1.82) is 0 Å². The van der Waals surface area contributed by atoms with Gasteiger partial charge in [-0.25, -0.2) is 10.2 Å². The van der Waals surface area contributed by atoms with Crippen LogP contribution in [0.25, 0.3) is 10.8 Å². The molecule has 0 aliphatic carbocycles. The molecule has 7 heteroatoms. The molecule has 0 heterocycles. The Bertz CT molecular complexity index is 717. The molecule has 22 heavy (non-hydrogen) atoms. The summed E-state index contributed by atoms with van der Waals surface area (Å²) in [5.41, 5.74) is 2.81. The highest BCUT2D eigenvalue weighted by Crippen LogP contribution is 2.31. The van der Waals surface area contributed by atoms with Gasteiger partial charge in [-0.15, -0.1) is 0 Å². The quantitative estimate of drug-likeness (QED) is 0.694. The second-order valence-electron chi connectivity index (χ2n) is 4.34. The van der Waals surface area contributed by atoms with Crippen LogP contribution in [-0.4, -0.2) is 25.5 Å². The Kier molecular flexibility index (Phi) is 4.88. The molecule has 2 aromatic carbocycles. The summed E-state index contributed by atoms with van der Waals surface area (Å²) < 4.78 is 34.5. The normalized spacial score (nSPS) is 11.6. The van der Waals surface area contributed by atoms with E-state index in [-0.39, 0.29) is 5.75 Å². The summed E-state index contributed by atoms with van der Waals surface area (Å²) in [7, 11) is 1.20. The monoisotopic (exact) mass is 308 g/mol. The van der Waals surface area contributed by atoms with Gasteiger partial charge in [0.2, 0.25) is 0 Å². The van der Waals surface area contributed by atoms with Crippen molar-refractivity contribution < 1.29 is 23.0 Å². The standard InChI is InChI=1S/C15H14F2N2O3/c1-9(18-19-15(20)21-2)11-8-7-10-5-3-4-6-12(10)13(11)22-14(16)17/h3-8,14H,1-2H3,(H,19,20)/b18-9+. The van der Waals surface area contributed by atoms with Crippen LogP contribution in [0.1, 0.15) is 12.5 Å². The Labute approximate surface area is 125 Å². The Morgan fingerprint density at radius 2 is 1.95 bits per heavy atom. The summed E-state index contributed by atoms with van der Waals surface area (Å²) >= 11 is 0. The largest absolute Gasteiger partial charge is 0.452 e. The smallest absolute Gasteiger partial charge is 0.427 e. The van der Waals surface area contributed by atoms with E-state index in [9.17, 15) is 13.6 Å². The van der Waals surface area contributed by atoms with Crippen LogP contribution >= 0.6 is 0 Å². The third-order valence-electron chi connectivity index (χ3n) is 2.98. The number of ether oxygens (including phenoxy) is 2. The zero-order valence-electron chi connectivity index (χ0n) is 12.0. The van der Waals surface area contributed by atoms with Crippen LogP contribution in [0.2, 0.25) is 0 Å². The van der Waals surface area contributed by atoms with Crippen molar-refractivity contribution in [2.45, 2.75) is 13.5 Å². The lowest BCUT2D eigenvalue weighted by atomic mass is 10.0. The Morgan fingerprint density at radius 3 is 2.64 bits per heavy atom. The number of hydrazone groups is 1. The van der Waals surface area contributed by atoms with Crippen molar-refractivity contribution in [2.75, 3.05) is 7.11 Å². The molecule has 1 amide bonds. The molecule has 0 spiro atoms. The average molecular weight is 308 g/mol. The van der Waals surface area contributed by atoms with E-state index in [2.05, 4.69) is 20.0 Å². The van der Waals surface area contributed by atoms with Gasteiger partial charge < -0.3 is 9.47 Å². The second kappa shape index (κ2) is 6.84. The van der Waals surface area contributed by atoms with Crippen LogP contribution in [0.4, 0.5) is 13.6 Å². The molecule has 2 aromatic rings. The lowest BCUT2D eigenvalue weighted by Crippen LogP contribution is -2.19. The molecule has 0 atom stereocenters. The predicted octanol–water partition coefficient (Wildman–Crippen LogP) is 3.52. The van der Waals surface area contributed by atoms with Gasteiger partial charge in [-0.1, -0.05) is 30.3 Å². The van der Waals surface area contributed by atoms with Gasteiger partial charge in [-0.05, 0) is 18.4 Å². The molecule has 0 bridgehead atoms. The molecule has 0 aliphatic rings. The van der Waals surface area contributed by atoms with Gasteiger partial charge >= 0.3 is 12.7 Å². The third kappa shape index (κ3) is 3.49. The molecule has 1 N–H and O–H groups in total. The van der Waals surface area contributed by atoms with E-state index in [1.54, 1.807) is 43.3 Å². The van der Waals surface area contributed by atoms with E-state index in [0.717, 1.165) is 5.39 Å². The third-order valence-corrected chi connectivity index (χ3v) is 2.98.